The van der Waals surface area contributed by atoms with Crippen LogP contribution in [-0.4, -0.2) is 72.0 Å². The van der Waals surface area contributed by atoms with E-state index in [-0.39, 0.29) is 30.8 Å². The number of rotatable bonds is 8. The predicted octanol–water partition coefficient (Wildman–Crippen LogP) is 0.275. The lowest BCUT2D eigenvalue weighted by atomic mass is 9.93. The zero-order valence-corrected chi connectivity index (χ0v) is 17.8. The highest BCUT2D eigenvalue weighted by Gasteiger charge is 2.27. The Hall–Kier alpha value is -1.87. The number of nitrogens with one attached hydrogen (secondary N) is 3. The van der Waals surface area contributed by atoms with Crippen molar-refractivity contribution >= 4 is 36.1 Å². The van der Waals surface area contributed by atoms with Crippen molar-refractivity contribution in [2.45, 2.75) is 64.0 Å². The van der Waals surface area contributed by atoms with Gasteiger partial charge in [-0.3, -0.25) is 14.4 Å². The maximum Gasteiger partial charge on any atom is 0.326 e. The summed E-state index contributed by atoms with van der Waals surface area (Å²) in [4.78, 5) is 48.7. The summed E-state index contributed by atoms with van der Waals surface area (Å²) >= 11 is 0. The largest absolute Gasteiger partial charge is 0.480 e. The van der Waals surface area contributed by atoms with Crippen molar-refractivity contribution in [1.82, 2.24) is 20.9 Å². The van der Waals surface area contributed by atoms with Gasteiger partial charge in [0.05, 0.1) is 6.42 Å². The number of carboxylic acids is 1. The Balaban J connectivity index is 0.00000420. The van der Waals surface area contributed by atoms with Gasteiger partial charge in [0.1, 0.15) is 6.04 Å². The van der Waals surface area contributed by atoms with Gasteiger partial charge in [0.2, 0.25) is 17.7 Å². The lowest BCUT2D eigenvalue weighted by molar-refractivity contribution is -0.143. The molecule has 2 heterocycles. The second kappa shape index (κ2) is 12.6. The molecule has 0 saturated carbocycles. The first-order chi connectivity index (χ1) is 13.3. The lowest BCUT2D eigenvalue weighted by Gasteiger charge is -2.34. The van der Waals surface area contributed by atoms with Gasteiger partial charge in [0.25, 0.3) is 0 Å². The van der Waals surface area contributed by atoms with Crippen molar-refractivity contribution in [3.05, 3.63) is 0 Å². The molecule has 2 rings (SSSR count). The molecule has 10 heteroatoms. The molecule has 0 spiro atoms. The van der Waals surface area contributed by atoms with E-state index in [4.69, 9.17) is 5.11 Å². The van der Waals surface area contributed by atoms with E-state index >= 15 is 0 Å². The summed E-state index contributed by atoms with van der Waals surface area (Å²) in [6, 6.07) is -1.43. The molecule has 2 atom stereocenters. The molecule has 0 aromatic heterocycles. The minimum atomic E-state index is -1.25. The first kappa shape index (κ1) is 25.2. The second-order valence-corrected chi connectivity index (χ2v) is 7.77. The van der Waals surface area contributed by atoms with E-state index in [0.29, 0.717) is 25.4 Å². The van der Waals surface area contributed by atoms with Gasteiger partial charge in [0, 0.05) is 32.5 Å². The zero-order valence-electron chi connectivity index (χ0n) is 16.9. The van der Waals surface area contributed by atoms with Crippen LogP contribution in [0.25, 0.3) is 0 Å². The van der Waals surface area contributed by atoms with Crippen molar-refractivity contribution in [3.63, 3.8) is 0 Å². The standard InChI is InChI=1S/C19H32N4O5.ClH/c1-13(24)21-16(19(27)28)11-17(25)22-15-3-2-10-23(12-15)18(26)5-4-14-6-8-20-9-7-14;/h14-16,20H,2-12H2,1H3,(H,21,24)(H,22,25)(H,27,28);1H/t15?,16-;/m0./s1. The smallest absolute Gasteiger partial charge is 0.326 e. The van der Waals surface area contributed by atoms with Crippen LogP contribution in [-0.2, 0) is 19.2 Å². The fraction of sp³-hybridized carbons (Fsp3) is 0.789. The van der Waals surface area contributed by atoms with Gasteiger partial charge < -0.3 is 26.0 Å². The molecule has 0 aliphatic carbocycles. The average molecular weight is 433 g/mol. The number of halogens is 1. The molecule has 0 radical (unpaired) electrons. The van der Waals surface area contributed by atoms with Crippen molar-refractivity contribution in [3.8, 4) is 0 Å². The van der Waals surface area contributed by atoms with Crippen LogP contribution in [0.5, 0.6) is 0 Å². The highest BCUT2D eigenvalue weighted by Crippen LogP contribution is 2.19. The maximum absolute atomic E-state index is 12.5. The minimum absolute atomic E-state index is 0. The van der Waals surface area contributed by atoms with Crippen LogP contribution in [0, 0.1) is 5.92 Å². The summed E-state index contributed by atoms with van der Waals surface area (Å²) in [5.74, 6) is -1.45. The molecule has 2 aliphatic rings. The van der Waals surface area contributed by atoms with Crippen molar-refractivity contribution in [2.24, 2.45) is 5.92 Å². The molecule has 166 valence electrons. The van der Waals surface area contributed by atoms with Crippen molar-refractivity contribution in [2.75, 3.05) is 26.2 Å². The molecule has 0 aromatic carbocycles. The lowest BCUT2D eigenvalue weighted by Crippen LogP contribution is -2.51. The SMILES string of the molecule is CC(=O)N[C@@H](CC(=O)NC1CCCN(C(=O)CCC2CCNCC2)C1)C(=O)O.Cl. The highest BCUT2D eigenvalue weighted by atomic mass is 35.5. The third-order valence-electron chi connectivity index (χ3n) is 5.43. The molecule has 0 aromatic rings. The van der Waals surface area contributed by atoms with Crippen LogP contribution >= 0.6 is 12.4 Å². The number of carboxylic acid groups (broad SMARTS) is 1. The van der Waals surface area contributed by atoms with Gasteiger partial charge in [-0.25, -0.2) is 4.79 Å². The average Bonchev–Trinajstić information content (AvgIpc) is 2.66. The number of aliphatic carboxylic acids is 1. The minimum Gasteiger partial charge on any atom is -0.480 e. The zero-order chi connectivity index (χ0) is 20.5. The summed E-state index contributed by atoms with van der Waals surface area (Å²) in [5.41, 5.74) is 0. The number of likely N-dealkylation sites (tertiary alicyclic amines) is 1. The molecule has 0 bridgehead atoms. The Morgan fingerprint density at radius 3 is 2.48 bits per heavy atom. The van der Waals surface area contributed by atoms with E-state index < -0.39 is 23.8 Å². The highest BCUT2D eigenvalue weighted by molar-refractivity contribution is 5.88. The van der Waals surface area contributed by atoms with E-state index in [1.54, 1.807) is 4.90 Å². The molecular weight excluding hydrogens is 400 g/mol. The molecule has 2 saturated heterocycles. The van der Waals surface area contributed by atoms with Gasteiger partial charge >= 0.3 is 5.97 Å². The third kappa shape index (κ3) is 8.99. The van der Waals surface area contributed by atoms with Crippen molar-refractivity contribution in [1.29, 1.82) is 0 Å². The number of amides is 3. The fourth-order valence-electron chi connectivity index (χ4n) is 3.90. The topological polar surface area (TPSA) is 128 Å². The summed E-state index contributed by atoms with van der Waals surface area (Å²) < 4.78 is 0. The Bertz CT molecular complexity index is 583. The van der Waals surface area contributed by atoms with E-state index in [1.807, 2.05) is 0 Å². The summed E-state index contributed by atoms with van der Waals surface area (Å²) in [6.07, 6.45) is 4.91. The monoisotopic (exact) mass is 432 g/mol. The van der Waals surface area contributed by atoms with Crippen LogP contribution in [0.3, 0.4) is 0 Å². The van der Waals surface area contributed by atoms with Crippen LogP contribution in [0.2, 0.25) is 0 Å². The quantitative estimate of drug-likeness (QED) is 0.436. The van der Waals surface area contributed by atoms with Crippen LogP contribution in [0.15, 0.2) is 0 Å². The Morgan fingerprint density at radius 2 is 1.86 bits per heavy atom. The molecular formula is C19H33ClN4O5. The first-order valence-corrected chi connectivity index (χ1v) is 10.1. The maximum atomic E-state index is 12.5. The van der Waals surface area contributed by atoms with Crippen LogP contribution < -0.4 is 16.0 Å². The van der Waals surface area contributed by atoms with Gasteiger partial charge in [-0.05, 0) is 51.1 Å². The number of hydrogen-bond donors (Lipinski definition) is 4. The van der Waals surface area contributed by atoms with Gasteiger partial charge in [-0.15, -0.1) is 12.4 Å². The molecule has 4 N–H and O–H groups in total. The molecule has 2 aliphatic heterocycles. The van der Waals surface area contributed by atoms with Gasteiger partial charge in [0.15, 0.2) is 0 Å². The summed E-state index contributed by atoms with van der Waals surface area (Å²) in [6.45, 7) is 4.40. The van der Waals surface area contributed by atoms with Gasteiger partial charge in [-0.2, -0.15) is 0 Å². The number of carbonyl (C=O) groups is 4. The Morgan fingerprint density at radius 1 is 1.17 bits per heavy atom. The first-order valence-electron chi connectivity index (χ1n) is 10.1. The normalized spacial score (nSPS) is 20.9. The predicted molar refractivity (Wildman–Crippen MR) is 110 cm³/mol. The summed E-state index contributed by atoms with van der Waals surface area (Å²) in [5, 5.41) is 17.5. The number of piperidine rings is 2. The molecule has 1 unspecified atom stereocenters. The summed E-state index contributed by atoms with van der Waals surface area (Å²) in [7, 11) is 0. The molecule has 3 amide bonds. The van der Waals surface area contributed by atoms with Crippen LogP contribution in [0.1, 0.15) is 51.9 Å². The van der Waals surface area contributed by atoms with E-state index in [2.05, 4.69) is 16.0 Å². The fourth-order valence-corrected chi connectivity index (χ4v) is 3.90. The number of carbonyl (C=O) groups excluding carboxylic acids is 3. The Labute approximate surface area is 177 Å². The molecule has 9 nitrogen and oxygen atoms in total. The molecule has 29 heavy (non-hydrogen) atoms. The van der Waals surface area contributed by atoms with E-state index in [0.717, 1.165) is 45.2 Å². The number of hydrogen-bond acceptors (Lipinski definition) is 5. The molecule has 2 fully saturated rings. The third-order valence-corrected chi connectivity index (χ3v) is 5.43. The number of nitrogens with zero attached hydrogens (tertiary/aromatic N) is 1. The van der Waals surface area contributed by atoms with E-state index in [1.165, 1.54) is 6.92 Å². The van der Waals surface area contributed by atoms with E-state index in [9.17, 15) is 19.2 Å². The second-order valence-electron chi connectivity index (χ2n) is 7.77. The van der Waals surface area contributed by atoms with Crippen molar-refractivity contribution < 1.29 is 24.3 Å². The Kier molecular flexibility index (Phi) is 11.0. The van der Waals surface area contributed by atoms with Crippen LogP contribution in [0.4, 0.5) is 0 Å². The van der Waals surface area contributed by atoms with Gasteiger partial charge in [-0.1, -0.05) is 0 Å².